The van der Waals surface area contributed by atoms with E-state index in [-0.39, 0.29) is 12.3 Å². The Morgan fingerprint density at radius 1 is 1.04 bits per heavy atom. The monoisotopic (exact) mass is 400 g/mol. The molecule has 0 amide bonds. The minimum atomic E-state index is -0.289. The smallest absolute Gasteiger partial charge is 0.213 e. The number of hydrogen-bond donors (Lipinski definition) is 0. The maximum atomic E-state index is 6.31. The van der Waals surface area contributed by atoms with Gasteiger partial charge >= 0.3 is 0 Å². The molecular formula is C20H14Cl2N2OS. The number of thiophene rings is 1. The minimum Gasteiger partial charge on any atom is -0.464 e. The van der Waals surface area contributed by atoms with Crippen molar-refractivity contribution >= 4 is 40.3 Å². The highest BCUT2D eigenvalue weighted by molar-refractivity contribution is 7.12. The number of hydrogen-bond acceptors (Lipinski definition) is 4. The van der Waals surface area contributed by atoms with Gasteiger partial charge in [0.2, 0.25) is 6.23 Å². The van der Waals surface area contributed by atoms with Gasteiger partial charge in [-0.2, -0.15) is 5.10 Å². The van der Waals surface area contributed by atoms with E-state index < -0.39 is 0 Å². The molecule has 0 unspecified atom stereocenters. The van der Waals surface area contributed by atoms with Crippen LogP contribution in [0, 0.1) is 0 Å². The highest BCUT2D eigenvalue weighted by Crippen LogP contribution is 2.48. The molecule has 26 heavy (non-hydrogen) atoms. The number of halogens is 2. The van der Waals surface area contributed by atoms with E-state index >= 15 is 0 Å². The SMILES string of the molecule is Clc1ccc([C@H]2Oc3ccc(Cl)cc3[C@@H]3CC(c4cccs4)=NN23)cc1. The van der Waals surface area contributed by atoms with Gasteiger partial charge in [-0.25, -0.2) is 5.01 Å². The van der Waals surface area contributed by atoms with Gasteiger partial charge in [0.1, 0.15) is 5.75 Å². The molecule has 0 bridgehead atoms. The van der Waals surface area contributed by atoms with Crippen molar-refractivity contribution in [2.75, 3.05) is 0 Å². The molecule has 130 valence electrons. The van der Waals surface area contributed by atoms with Crippen LogP contribution in [0.1, 0.15) is 34.7 Å². The second kappa shape index (κ2) is 6.31. The van der Waals surface area contributed by atoms with Gasteiger partial charge in [0.05, 0.1) is 16.6 Å². The van der Waals surface area contributed by atoms with Crippen LogP contribution in [-0.2, 0) is 0 Å². The normalized spacial score (nSPS) is 21.0. The predicted octanol–water partition coefficient (Wildman–Crippen LogP) is 6.30. The first-order valence-corrected chi connectivity index (χ1v) is 9.94. The average Bonchev–Trinajstić information content (AvgIpc) is 3.32. The molecule has 2 atom stereocenters. The molecule has 0 aliphatic carbocycles. The molecule has 0 fully saturated rings. The Labute approximate surface area is 165 Å². The molecule has 0 saturated heterocycles. The van der Waals surface area contributed by atoms with Gasteiger partial charge in [0.15, 0.2) is 0 Å². The van der Waals surface area contributed by atoms with E-state index in [0.29, 0.717) is 10.0 Å². The summed E-state index contributed by atoms with van der Waals surface area (Å²) < 4.78 is 6.31. The van der Waals surface area contributed by atoms with E-state index in [2.05, 4.69) is 22.5 Å². The molecule has 0 spiro atoms. The zero-order chi connectivity index (χ0) is 17.7. The number of benzene rings is 2. The highest BCUT2D eigenvalue weighted by atomic mass is 35.5. The van der Waals surface area contributed by atoms with E-state index in [9.17, 15) is 0 Å². The molecular weight excluding hydrogens is 387 g/mol. The lowest BCUT2D eigenvalue weighted by atomic mass is 9.97. The van der Waals surface area contributed by atoms with E-state index in [1.54, 1.807) is 11.3 Å². The molecule has 3 heterocycles. The molecule has 2 aromatic carbocycles. The first-order valence-electron chi connectivity index (χ1n) is 8.30. The lowest BCUT2D eigenvalue weighted by Crippen LogP contribution is -2.33. The summed E-state index contributed by atoms with van der Waals surface area (Å²) in [4.78, 5) is 1.19. The summed E-state index contributed by atoms with van der Waals surface area (Å²) in [5, 5.41) is 10.5. The lowest BCUT2D eigenvalue weighted by Gasteiger charge is -2.38. The Balaban J connectivity index is 1.61. The van der Waals surface area contributed by atoms with Gasteiger partial charge in [-0.05, 0) is 41.8 Å². The summed E-state index contributed by atoms with van der Waals surface area (Å²) >= 11 is 14.0. The zero-order valence-electron chi connectivity index (χ0n) is 13.6. The van der Waals surface area contributed by atoms with Crippen LogP contribution in [0.3, 0.4) is 0 Å². The van der Waals surface area contributed by atoms with Crippen LogP contribution in [0.5, 0.6) is 5.75 Å². The number of ether oxygens (including phenoxy) is 1. The van der Waals surface area contributed by atoms with Gasteiger partial charge in [-0.15, -0.1) is 11.3 Å². The van der Waals surface area contributed by atoms with E-state index in [4.69, 9.17) is 33.0 Å². The van der Waals surface area contributed by atoms with Gasteiger partial charge in [0, 0.05) is 27.6 Å². The molecule has 2 aliphatic rings. The Bertz CT molecular complexity index is 986. The Morgan fingerprint density at radius 3 is 2.62 bits per heavy atom. The third kappa shape index (κ3) is 2.69. The summed E-state index contributed by atoms with van der Waals surface area (Å²) in [7, 11) is 0. The molecule has 1 aromatic heterocycles. The average molecular weight is 401 g/mol. The third-order valence-electron chi connectivity index (χ3n) is 4.71. The molecule has 0 N–H and O–H groups in total. The maximum Gasteiger partial charge on any atom is 0.213 e. The molecule has 6 heteroatoms. The van der Waals surface area contributed by atoms with Crippen LogP contribution in [0.25, 0.3) is 0 Å². The zero-order valence-corrected chi connectivity index (χ0v) is 15.9. The highest BCUT2D eigenvalue weighted by Gasteiger charge is 2.41. The summed E-state index contributed by atoms with van der Waals surface area (Å²) in [5.74, 6) is 0.859. The third-order valence-corrected chi connectivity index (χ3v) is 6.12. The number of rotatable bonds is 2. The van der Waals surface area contributed by atoms with E-state index in [0.717, 1.165) is 29.0 Å². The minimum absolute atomic E-state index is 0.107. The summed E-state index contributed by atoms with van der Waals surface area (Å²) in [5.41, 5.74) is 3.19. The van der Waals surface area contributed by atoms with Crippen LogP contribution in [0.4, 0.5) is 0 Å². The van der Waals surface area contributed by atoms with Crippen LogP contribution < -0.4 is 4.74 Å². The first kappa shape index (κ1) is 16.2. The molecule has 3 nitrogen and oxygen atoms in total. The number of hydrazone groups is 1. The fourth-order valence-corrected chi connectivity index (χ4v) is 4.52. The molecule has 3 aromatic rings. The van der Waals surface area contributed by atoms with Crippen LogP contribution in [0.15, 0.2) is 65.1 Å². The van der Waals surface area contributed by atoms with Crippen molar-refractivity contribution in [3.05, 3.63) is 86.0 Å². The van der Waals surface area contributed by atoms with Crippen molar-refractivity contribution in [2.24, 2.45) is 5.10 Å². The predicted molar refractivity (Wildman–Crippen MR) is 106 cm³/mol. The topological polar surface area (TPSA) is 24.8 Å². The van der Waals surface area contributed by atoms with Crippen molar-refractivity contribution in [3.63, 3.8) is 0 Å². The fraction of sp³-hybridized carbons (Fsp3) is 0.150. The Kier molecular flexibility index (Phi) is 3.92. The van der Waals surface area contributed by atoms with Crippen LogP contribution >= 0.6 is 34.5 Å². The van der Waals surface area contributed by atoms with Gasteiger partial charge in [-0.1, -0.05) is 41.4 Å². The van der Waals surface area contributed by atoms with Crippen molar-refractivity contribution in [3.8, 4) is 5.75 Å². The van der Waals surface area contributed by atoms with Crippen LogP contribution in [0.2, 0.25) is 10.0 Å². The summed E-state index contributed by atoms with van der Waals surface area (Å²) in [6.45, 7) is 0. The second-order valence-corrected chi connectivity index (χ2v) is 8.15. The van der Waals surface area contributed by atoms with Crippen LogP contribution in [-0.4, -0.2) is 10.7 Å². The molecule has 2 aliphatic heterocycles. The van der Waals surface area contributed by atoms with Crippen molar-refractivity contribution < 1.29 is 4.74 Å². The standard InChI is InChI=1S/C20H14Cl2N2OS/c21-13-5-3-12(4-6-13)20-24-17(11-16(23-24)19-2-1-9-26-19)15-10-14(22)7-8-18(15)25-20/h1-10,17,20H,11H2/t17-,20+/m0/s1. The van der Waals surface area contributed by atoms with E-state index in [1.165, 1.54) is 4.88 Å². The number of nitrogens with zero attached hydrogens (tertiary/aromatic N) is 2. The van der Waals surface area contributed by atoms with Gasteiger partial charge < -0.3 is 4.74 Å². The molecule has 0 saturated carbocycles. The quantitative estimate of drug-likeness (QED) is 0.504. The first-order chi connectivity index (χ1) is 12.7. The Hall–Kier alpha value is -2.01. The summed E-state index contributed by atoms with van der Waals surface area (Å²) in [6, 6.07) is 17.8. The summed E-state index contributed by atoms with van der Waals surface area (Å²) in [6.07, 6.45) is 0.546. The van der Waals surface area contributed by atoms with Crippen molar-refractivity contribution in [1.29, 1.82) is 0 Å². The van der Waals surface area contributed by atoms with E-state index in [1.807, 2.05) is 42.5 Å². The second-order valence-electron chi connectivity index (χ2n) is 6.33. The molecule has 0 radical (unpaired) electrons. The van der Waals surface area contributed by atoms with Crippen molar-refractivity contribution in [1.82, 2.24) is 5.01 Å². The largest absolute Gasteiger partial charge is 0.464 e. The van der Waals surface area contributed by atoms with Gasteiger partial charge in [0.25, 0.3) is 0 Å². The molecule has 5 rings (SSSR count). The maximum absolute atomic E-state index is 6.31. The fourth-order valence-electron chi connectivity index (χ4n) is 3.50. The van der Waals surface area contributed by atoms with Gasteiger partial charge in [-0.3, -0.25) is 0 Å². The Morgan fingerprint density at radius 2 is 1.85 bits per heavy atom. The lowest BCUT2D eigenvalue weighted by molar-refractivity contribution is -0.0190. The number of fused-ring (bicyclic) bond motifs is 3. The van der Waals surface area contributed by atoms with Crippen molar-refractivity contribution in [2.45, 2.75) is 18.7 Å².